The number of aromatic nitrogens is 1. The third kappa shape index (κ3) is 7.58. The Morgan fingerprint density at radius 1 is 1.21 bits per heavy atom. The molecule has 212 valence electrons. The zero-order valence-electron chi connectivity index (χ0n) is 22.6. The SMILES string of the molecule is CCC(F)(CC)CN1CCC(COc2ccc(-c3ccc(C(=O)NC(=O)[C@@H]4C[C@@H](O)CN4)cc3F)nc2)CC1. The summed E-state index contributed by atoms with van der Waals surface area (Å²) in [5, 5.41) is 14.6. The number of hydrogen-bond donors (Lipinski definition) is 3. The van der Waals surface area contributed by atoms with Crippen LogP contribution < -0.4 is 15.4 Å². The molecule has 2 aromatic rings. The lowest BCUT2D eigenvalue weighted by Gasteiger charge is -2.36. The molecule has 1 aromatic heterocycles. The number of hydrogen-bond acceptors (Lipinski definition) is 7. The molecule has 0 spiro atoms. The van der Waals surface area contributed by atoms with Crippen molar-refractivity contribution in [2.45, 2.75) is 63.8 Å². The Hall–Kier alpha value is -2.95. The van der Waals surface area contributed by atoms with E-state index in [1.807, 2.05) is 13.8 Å². The van der Waals surface area contributed by atoms with Gasteiger partial charge < -0.3 is 20.1 Å². The van der Waals surface area contributed by atoms with Gasteiger partial charge in [-0.1, -0.05) is 13.8 Å². The summed E-state index contributed by atoms with van der Waals surface area (Å²) in [6.07, 6.45) is 4.10. The van der Waals surface area contributed by atoms with Gasteiger partial charge in [0.15, 0.2) is 0 Å². The van der Waals surface area contributed by atoms with Gasteiger partial charge in [0.1, 0.15) is 17.2 Å². The van der Waals surface area contributed by atoms with Crippen molar-refractivity contribution < 1.29 is 28.2 Å². The Labute approximate surface area is 228 Å². The molecule has 0 unspecified atom stereocenters. The van der Waals surface area contributed by atoms with E-state index in [1.54, 1.807) is 18.3 Å². The van der Waals surface area contributed by atoms with Crippen molar-refractivity contribution in [3.8, 4) is 17.0 Å². The number of rotatable bonds is 10. The molecule has 2 aliphatic heterocycles. The van der Waals surface area contributed by atoms with Crippen LogP contribution >= 0.6 is 0 Å². The molecule has 2 atom stereocenters. The number of nitrogens with one attached hydrogen (secondary N) is 2. The molecule has 0 saturated carbocycles. The number of piperidine rings is 1. The average molecular weight is 545 g/mol. The summed E-state index contributed by atoms with van der Waals surface area (Å²) in [5.74, 6) is -0.937. The highest BCUT2D eigenvalue weighted by molar-refractivity contribution is 6.06. The number of aliphatic hydroxyl groups excluding tert-OH is 1. The zero-order chi connectivity index (χ0) is 28.0. The first-order valence-electron chi connectivity index (χ1n) is 13.8. The van der Waals surface area contributed by atoms with E-state index in [2.05, 4.69) is 20.5 Å². The van der Waals surface area contributed by atoms with Crippen LogP contribution in [-0.2, 0) is 4.79 Å². The molecule has 2 fully saturated rings. The van der Waals surface area contributed by atoms with Gasteiger partial charge in [0.25, 0.3) is 5.91 Å². The molecule has 8 nitrogen and oxygen atoms in total. The molecule has 2 amide bonds. The minimum atomic E-state index is -1.11. The topological polar surface area (TPSA) is 104 Å². The second-order valence-corrected chi connectivity index (χ2v) is 10.6. The van der Waals surface area contributed by atoms with E-state index in [9.17, 15) is 23.5 Å². The Balaban J connectivity index is 1.26. The molecular weight excluding hydrogens is 506 g/mol. The first kappa shape index (κ1) is 29.0. The van der Waals surface area contributed by atoms with Gasteiger partial charge in [-0.25, -0.2) is 8.78 Å². The van der Waals surface area contributed by atoms with Gasteiger partial charge in [-0.2, -0.15) is 0 Å². The molecule has 3 heterocycles. The van der Waals surface area contributed by atoms with Crippen LogP contribution in [0, 0.1) is 11.7 Å². The zero-order valence-corrected chi connectivity index (χ0v) is 22.6. The fraction of sp³-hybridized carbons (Fsp3) is 0.552. The Kier molecular flexibility index (Phi) is 9.63. The van der Waals surface area contributed by atoms with Gasteiger partial charge >= 0.3 is 0 Å². The smallest absolute Gasteiger partial charge is 0.257 e. The monoisotopic (exact) mass is 544 g/mol. The maximum atomic E-state index is 14.8. The number of halogens is 2. The Morgan fingerprint density at radius 2 is 1.95 bits per heavy atom. The molecule has 2 aliphatic rings. The molecule has 4 rings (SSSR count). The van der Waals surface area contributed by atoms with Gasteiger partial charge in [0.2, 0.25) is 5.91 Å². The van der Waals surface area contributed by atoms with Crippen LogP contribution in [-0.4, -0.2) is 77.4 Å². The summed E-state index contributed by atoms with van der Waals surface area (Å²) in [5.41, 5.74) is -0.488. The van der Waals surface area contributed by atoms with Crippen LogP contribution in [0.1, 0.15) is 56.3 Å². The maximum absolute atomic E-state index is 14.8. The number of benzene rings is 1. The summed E-state index contributed by atoms with van der Waals surface area (Å²) in [4.78, 5) is 31.1. The number of β-amino-alcohol motifs (C(OH)–C–C–N with tert-alkyl or cyclic N) is 1. The van der Waals surface area contributed by atoms with Crippen molar-refractivity contribution in [1.82, 2.24) is 20.5 Å². The number of aliphatic hydroxyl groups is 1. The average Bonchev–Trinajstić information content (AvgIpc) is 3.39. The number of nitrogens with zero attached hydrogens (tertiary/aromatic N) is 2. The lowest BCUT2D eigenvalue weighted by Crippen LogP contribution is -2.44. The Bertz CT molecular complexity index is 1130. The number of carbonyl (C=O) groups excluding carboxylic acids is 2. The predicted octanol–water partition coefficient (Wildman–Crippen LogP) is 3.49. The van der Waals surface area contributed by atoms with E-state index >= 15 is 0 Å². The predicted molar refractivity (Wildman–Crippen MR) is 144 cm³/mol. The first-order chi connectivity index (χ1) is 18.7. The molecular formula is C29H38F2N4O4. The molecule has 0 aliphatic carbocycles. The van der Waals surface area contributed by atoms with E-state index < -0.39 is 35.4 Å². The normalized spacial score (nSPS) is 20.6. The van der Waals surface area contributed by atoms with Crippen molar-refractivity contribution in [3.05, 3.63) is 47.9 Å². The van der Waals surface area contributed by atoms with Crippen LogP contribution in [0.25, 0.3) is 11.3 Å². The molecule has 2 saturated heterocycles. The van der Waals surface area contributed by atoms with Crippen LogP contribution in [0.2, 0.25) is 0 Å². The van der Waals surface area contributed by atoms with E-state index in [1.165, 1.54) is 12.1 Å². The third-order valence-electron chi connectivity index (χ3n) is 7.87. The van der Waals surface area contributed by atoms with Crippen LogP contribution in [0.3, 0.4) is 0 Å². The second-order valence-electron chi connectivity index (χ2n) is 10.6. The van der Waals surface area contributed by atoms with Gasteiger partial charge in [-0.3, -0.25) is 19.9 Å². The molecule has 39 heavy (non-hydrogen) atoms. The number of amides is 2. The fourth-order valence-electron chi connectivity index (χ4n) is 5.08. The number of imide groups is 1. The summed E-state index contributed by atoms with van der Waals surface area (Å²) >= 11 is 0. The van der Waals surface area contributed by atoms with E-state index in [-0.39, 0.29) is 24.1 Å². The van der Waals surface area contributed by atoms with Crippen LogP contribution in [0.5, 0.6) is 5.75 Å². The minimum absolute atomic E-state index is 0.00994. The van der Waals surface area contributed by atoms with Crippen molar-refractivity contribution in [1.29, 1.82) is 0 Å². The lowest BCUT2D eigenvalue weighted by molar-refractivity contribution is -0.121. The van der Waals surface area contributed by atoms with E-state index in [4.69, 9.17) is 4.74 Å². The van der Waals surface area contributed by atoms with Gasteiger partial charge in [-0.15, -0.1) is 0 Å². The molecule has 0 radical (unpaired) electrons. The second kappa shape index (κ2) is 12.9. The van der Waals surface area contributed by atoms with Crippen LogP contribution in [0.4, 0.5) is 8.78 Å². The van der Waals surface area contributed by atoms with Crippen LogP contribution in [0.15, 0.2) is 36.5 Å². The van der Waals surface area contributed by atoms with Crippen molar-refractivity contribution in [3.63, 3.8) is 0 Å². The summed E-state index contributed by atoms with van der Waals surface area (Å²) in [6, 6.07) is 6.69. The summed E-state index contributed by atoms with van der Waals surface area (Å²) in [6.45, 7) is 6.84. The largest absolute Gasteiger partial charge is 0.492 e. The maximum Gasteiger partial charge on any atom is 0.257 e. The fourth-order valence-corrected chi connectivity index (χ4v) is 5.08. The van der Waals surface area contributed by atoms with E-state index in [0.29, 0.717) is 43.4 Å². The summed E-state index contributed by atoms with van der Waals surface area (Å²) < 4.78 is 35.5. The standard InChI is InChI=1S/C29H38F2N4O4/c1-3-29(31,4-2)18-35-11-9-19(10-12-35)17-39-22-6-8-25(33-16-22)23-7-5-20(13-24(23)30)27(37)34-28(38)26-14-21(36)15-32-26/h5-8,13,16,19,21,26,32,36H,3-4,9-12,14-15,17-18H2,1-2H3,(H,34,37,38)/t21-,26+/m1/s1. The van der Waals surface area contributed by atoms with Gasteiger partial charge in [-0.05, 0) is 81.4 Å². The highest BCUT2D eigenvalue weighted by atomic mass is 19.1. The van der Waals surface area contributed by atoms with E-state index in [0.717, 1.165) is 32.0 Å². The van der Waals surface area contributed by atoms with Crippen molar-refractivity contribution in [2.24, 2.45) is 5.92 Å². The minimum Gasteiger partial charge on any atom is -0.492 e. The summed E-state index contributed by atoms with van der Waals surface area (Å²) in [7, 11) is 0. The number of pyridine rings is 1. The molecule has 0 bridgehead atoms. The van der Waals surface area contributed by atoms with Gasteiger partial charge in [0.05, 0.1) is 30.6 Å². The Morgan fingerprint density at radius 3 is 2.54 bits per heavy atom. The quantitative estimate of drug-likeness (QED) is 0.394. The number of carbonyl (C=O) groups is 2. The third-order valence-corrected chi connectivity index (χ3v) is 7.87. The van der Waals surface area contributed by atoms with Gasteiger partial charge in [0, 0.05) is 24.2 Å². The molecule has 1 aromatic carbocycles. The van der Waals surface area contributed by atoms with Crippen molar-refractivity contribution >= 4 is 11.8 Å². The number of likely N-dealkylation sites (tertiary alicyclic amines) is 1. The molecule has 3 N–H and O–H groups in total. The lowest BCUT2D eigenvalue weighted by atomic mass is 9.94. The number of ether oxygens (including phenoxy) is 1. The number of alkyl halides is 1. The molecule has 10 heteroatoms. The van der Waals surface area contributed by atoms with Crippen molar-refractivity contribution in [2.75, 3.05) is 32.8 Å². The highest BCUT2D eigenvalue weighted by Crippen LogP contribution is 2.27. The highest BCUT2D eigenvalue weighted by Gasteiger charge is 2.31. The first-order valence-corrected chi connectivity index (χ1v) is 13.8.